The molecule has 1 aromatic carbocycles. The maximum absolute atomic E-state index is 4.38. The molecule has 0 aliphatic rings. The smallest absolute Gasteiger partial charge is 0.244 e. The molecule has 0 radical (unpaired) electrons. The summed E-state index contributed by atoms with van der Waals surface area (Å²) in [5.41, 5.74) is 3.50. The predicted octanol–water partition coefficient (Wildman–Crippen LogP) is 3.05. The molecule has 19 heavy (non-hydrogen) atoms. The molecule has 0 saturated heterocycles. The molecule has 0 aliphatic heterocycles. The van der Waals surface area contributed by atoms with E-state index in [1.165, 1.54) is 11.1 Å². The van der Waals surface area contributed by atoms with Gasteiger partial charge in [0.25, 0.3) is 0 Å². The van der Waals surface area contributed by atoms with Gasteiger partial charge in [-0.05, 0) is 37.5 Å². The third-order valence-corrected chi connectivity index (χ3v) is 2.96. The maximum atomic E-state index is 4.38. The molecule has 0 fully saturated rings. The van der Waals surface area contributed by atoms with Crippen molar-refractivity contribution in [1.82, 2.24) is 15.2 Å². The van der Waals surface area contributed by atoms with Gasteiger partial charge >= 0.3 is 0 Å². The molecule has 0 unspecified atom stereocenters. The minimum atomic E-state index is 0.553. The first-order valence-corrected chi connectivity index (χ1v) is 6.47. The first-order valence-electron chi connectivity index (χ1n) is 6.47. The zero-order valence-corrected chi connectivity index (χ0v) is 11.6. The van der Waals surface area contributed by atoms with E-state index < -0.39 is 0 Å². The number of rotatable bonds is 5. The molecular weight excluding hydrogens is 238 g/mol. The van der Waals surface area contributed by atoms with Gasteiger partial charge in [-0.25, -0.2) is 0 Å². The Morgan fingerprint density at radius 1 is 1.21 bits per heavy atom. The summed E-state index contributed by atoms with van der Waals surface area (Å²) in [4.78, 5) is 4.38. The lowest BCUT2D eigenvalue weighted by Gasteiger charge is -2.11. The fourth-order valence-electron chi connectivity index (χ4n) is 1.70. The lowest BCUT2D eigenvalue weighted by Crippen LogP contribution is -2.07. The van der Waals surface area contributed by atoms with E-state index in [1.807, 2.05) is 12.1 Å². The summed E-state index contributed by atoms with van der Waals surface area (Å²) in [7, 11) is 0. The third-order valence-electron chi connectivity index (χ3n) is 2.96. The Hall–Kier alpha value is -2.17. The van der Waals surface area contributed by atoms with Gasteiger partial charge in [0.2, 0.25) is 5.95 Å². The molecule has 1 heterocycles. The number of aromatic nitrogens is 3. The van der Waals surface area contributed by atoms with Crippen LogP contribution in [0, 0.1) is 13.8 Å². The fraction of sp³-hybridized carbons (Fsp3) is 0.357. The Morgan fingerprint density at radius 2 is 2.05 bits per heavy atom. The van der Waals surface area contributed by atoms with Crippen LogP contribution in [0.3, 0.4) is 0 Å². The normalized spacial score (nSPS) is 10.3. The van der Waals surface area contributed by atoms with E-state index in [-0.39, 0.29) is 0 Å². The van der Waals surface area contributed by atoms with Crippen LogP contribution in [0.5, 0.6) is 0 Å². The van der Waals surface area contributed by atoms with Crippen molar-refractivity contribution >= 4 is 17.5 Å². The summed E-state index contributed by atoms with van der Waals surface area (Å²) in [6, 6.07) is 6.14. The molecule has 0 bridgehead atoms. The van der Waals surface area contributed by atoms with Gasteiger partial charge in [-0.15, -0.1) is 5.10 Å². The van der Waals surface area contributed by atoms with Crippen molar-refractivity contribution < 1.29 is 0 Å². The summed E-state index contributed by atoms with van der Waals surface area (Å²) >= 11 is 0. The van der Waals surface area contributed by atoms with E-state index in [0.717, 1.165) is 18.7 Å². The molecule has 5 heteroatoms. The Kier molecular flexibility index (Phi) is 4.28. The predicted molar refractivity (Wildman–Crippen MR) is 77.8 cm³/mol. The van der Waals surface area contributed by atoms with Crippen molar-refractivity contribution in [3.63, 3.8) is 0 Å². The second-order valence-corrected chi connectivity index (χ2v) is 4.46. The van der Waals surface area contributed by atoms with Gasteiger partial charge in [0.1, 0.15) is 0 Å². The van der Waals surface area contributed by atoms with Crippen LogP contribution in [0.1, 0.15) is 24.5 Å². The number of nitrogens with one attached hydrogen (secondary N) is 2. The van der Waals surface area contributed by atoms with Gasteiger partial charge in [0.15, 0.2) is 5.82 Å². The van der Waals surface area contributed by atoms with Crippen molar-refractivity contribution in [3.05, 3.63) is 35.5 Å². The standard InChI is InChI=1S/C14H19N5/c1-4-8-15-14-18-13(9-16-19-14)17-12-7-5-6-10(2)11(12)3/h5-7,9H,4,8H2,1-3H3,(H2,15,17,18,19). The van der Waals surface area contributed by atoms with Crippen molar-refractivity contribution in [2.45, 2.75) is 27.2 Å². The van der Waals surface area contributed by atoms with E-state index in [9.17, 15) is 0 Å². The lowest BCUT2D eigenvalue weighted by atomic mass is 10.1. The van der Waals surface area contributed by atoms with Gasteiger partial charge in [-0.3, -0.25) is 0 Å². The summed E-state index contributed by atoms with van der Waals surface area (Å²) in [5.74, 6) is 1.25. The number of aryl methyl sites for hydroxylation is 1. The largest absolute Gasteiger partial charge is 0.353 e. The van der Waals surface area contributed by atoms with Gasteiger partial charge < -0.3 is 10.6 Å². The van der Waals surface area contributed by atoms with Crippen molar-refractivity contribution in [1.29, 1.82) is 0 Å². The Labute approximate surface area is 113 Å². The maximum Gasteiger partial charge on any atom is 0.244 e. The summed E-state index contributed by atoms with van der Waals surface area (Å²) in [6.07, 6.45) is 2.65. The van der Waals surface area contributed by atoms with Crippen molar-refractivity contribution in [2.75, 3.05) is 17.2 Å². The second kappa shape index (κ2) is 6.13. The van der Waals surface area contributed by atoms with Crippen molar-refractivity contribution in [2.24, 2.45) is 0 Å². The molecule has 2 aromatic rings. The molecule has 1 aromatic heterocycles. The van der Waals surface area contributed by atoms with Crippen molar-refractivity contribution in [3.8, 4) is 0 Å². The summed E-state index contributed by atoms with van der Waals surface area (Å²) < 4.78 is 0. The van der Waals surface area contributed by atoms with Crippen LogP contribution < -0.4 is 10.6 Å². The minimum absolute atomic E-state index is 0.553. The first-order chi connectivity index (χ1) is 9.20. The summed E-state index contributed by atoms with van der Waals surface area (Å²) in [5, 5.41) is 14.3. The third kappa shape index (κ3) is 3.40. The zero-order valence-electron chi connectivity index (χ0n) is 11.6. The highest BCUT2D eigenvalue weighted by atomic mass is 15.3. The highest BCUT2D eigenvalue weighted by Crippen LogP contribution is 2.21. The number of hydrogen-bond donors (Lipinski definition) is 2. The topological polar surface area (TPSA) is 62.7 Å². The SMILES string of the molecule is CCCNc1nncc(Nc2cccc(C)c2C)n1. The molecule has 0 atom stereocenters. The van der Waals surface area contributed by atoms with Gasteiger partial charge in [0.05, 0.1) is 6.20 Å². The van der Waals surface area contributed by atoms with E-state index >= 15 is 0 Å². The van der Waals surface area contributed by atoms with Crippen LogP contribution in [-0.2, 0) is 0 Å². The second-order valence-electron chi connectivity index (χ2n) is 4.46. The molecule has 100 valence electrons. The number of benzene rings is 1. The highest BCUT2D eigenvalue weighted by molar-refractivity contribution is 5.61. The number of nitrogens with zero attached hydrogens (tertiary/aromatic N) is 3. The van der Waals surface area contributed by atoms with E-state index in [1.54, 1.807) is 6.20 Å². The molecule has 0 aliphatic carbocycles. The van der Waals surface area contributed by atoms with Crippen LogP contribution >= 0.6 is 0 Å². The summed E-state index contributed by atoms with van der Waals surface area (Å²) in [6.45, 7) is 7.11. The van der Waals surface area contributed by atoms with Gasteiger partial charge in [0, 0.05) is 12.2 Å². The molecule has 2 N–H and O–H groups in total. The van der Waals surface area contributed by atoms with E-state index in [2.05, 4.69) is 52.7 Å². The van der Waals surface area contributed by atoms with Gasteiger partial charge in [-0.1, -0.05) is 19.1 Å². The van der Waals surface area contributed by atoms with Gasteiger partial charge in [-0.2, -0.15) is 10.1 Å². The Morgan fingerprint density at radius 3 is 2.84 bits per heavy atom. The number of hydrogen-bond acceptors (Lipinski definition) is 5. The van der Waals surface area contributed by atoms with Crippen LogP contribution in [0.2, 0.25) is 0 Å². The molecule has 0 saturated carbocycles. The first kappa shape index (κ1) is 13.3. The Balaban J connectivity index is 2.16. The number of anilines is 3. The molecule has 0 amide bonds. The molecular formula is C14H19N5. The minimum Gasteiger partial charge on any atom is -0.353 e. The molecule has 0 spiro atoms. The van der Waals surface area contributed by atoms with Crippen LogP contribution in [0.25, 0.3) is 0 Å². The van der Waals surface area contributed by atoms with Crippen LogP contribution in [-0.4, -0.2) is 21.7 Å². The van der Waals surface area contributed by atoms with Crippen LogP contribution in [0.15, 0.2) is 24.4 Å². The van der Waals surface area contributed by atoms with E-state index in [4.69, 9.17) is 0 Å². The lowest BCUT2D eigenvalue weighted by molar-refractivity contribution is 0.913. The van der Waals surface area contributed by atoms with Crippen LogP contribution in [0.4, 0.5) is 17.5 Å². The van der Waals surface area contributed by atoms with E-state index in [0.29, 0.717) is 11.8 Å². The quantitative estimate of drug-likeness (QED) is 0.862. The zero-order chi connectivity index (χ0) is 13.7. The molecule has 2 rings (SSSR count). The average molecular weight is 257 g/mol. The monoisotopic (exact) mass is 257 g/mol. The average Bonchev–Trinajstić information content (AvgIpc) is 2.42. The molecule has 5 nitrogen and oxygen atoms in total. The fourth-order valence-corrected chi connectivity index (χ4v) is 1.70. The Bertz CT molecular complexity index is 553. The highest BCUT2D eigenvalue weighted by Gasteiger charge is 2.04.